The molecule has 0 spiro atoms. The SMILES string of the molecule is C=CC1=C(C)C2=NC1=CC1=NC(=CC3=C(C)C4=C(O)C(COC(C)=O)C(=C5NC(=C2)[C@@H](C)[C@@H]5CCC(=O)OC)C4=N3)C(CC)=C1C. The molecule has 2 N–H and O–H groups in total. The Labute approximate surface area is 269 Å². The summed E-state index contributed by atoms with van der Waals surface area (Å²) < 4.78 is 10.5. The number of aliphatic hydroxyl groups is 1. The zero-order valence-electron chi connectivity index (χ0n) is 27.5. The van der Waals surface area contributed by atoms with Gasteiger partial charge >= 0.3 is 11.9 Å². The van der Waals surface area contributed by atoms with Crippen LogP contribution in [0.1, 0.15) is 60.8 Å². The van der Waals surface area contributed by atoms with Crippen molar-refractivity contribution in [1.82, 2.24) is 5.32 Å². The Balaban J connectivity index is 1.63. The minimum Gasteiger partial charge on any atom is -0.511 e. The molecule has 6 rings (SSSR count). The monoisotopic (exact) mass is 620 g/mol. The number of aliphatic hydroxyl groups excluding tert-OH is 1. The zero-order valence-corrected chi connectivity index (χ0v) is 27.5. The van der Waals surface area contributed by atoms with Gasteiger partial charge in [0.05, 0.1) is 47.3 Å². The number of hydrogen-bond acceptors (Lipinski definition) is 9. The summed E-state index contributed by atoms with van der Waals surface area (Å²) in [7, 11) is 1.39. The van der Waals surface area contributed by atoms with E-state index in [2.05, 4.69) is 38.7 Å². The molecule has 238 valence electrons. The molecule has 5 aliphatic heterocycles. The summed E-state index contributed by atoms with van der Waals surface area (Å²) in [6, 6.07) is 0. The molecule has 1 fully saturated rings. The van der Waals surface area contributed by atoms with Gasteiger partial charge in [-0.3, -0.25) is 9.59 Å². The zero-order chi connectivity index (χ0) is 33.0. The fraction of sp³-hybridized carbons (Fsp3) is 0.378. The minimum absolute atomic E-state index is 0.0329. The molecule has 0 aromatic rings. The van der Waals surface area contributed by atoms with Gasteiger partial charge in [0.1, 0.15) is 12.4 Å². The number of esters is 2. The number of aliphatic imine (C=N–C) groups is 3. The van der Waals surface area contributed by atoms with E-state index in [-0.39, 0.29) is 36.6 Å². The molecule has 0 saturated carbocycles. The van der Waals surface area contributed by atoms with Gasteiger partial charge in [0.25, 0.3) is 0 Å². The topological polar surface area (TPSA) is 122 Å². The molecule has 1 aliphatic carbocycles. The number of ether oxygens (including phenoxy) is 2. The molecule has 6 aliphatic rings. The summed E-state index contributed by atoms with van der Waals surface area (Å²) in [6.45, 7) is 15.7. The van der Waals surface area contributed by atoms with Crippen LogP contribution >= 0.6 is 0 Å². The summed E-state index contributed by atoms with van der Waals surface area (Å²) in [5, 5.41) is 15.4. The van der Waals surface area contributed by atoms with Crippen LogP contribution in [0.15, 0.2) is 119 Å². The van der Waals surface area contributed by atoms with Gasteiger partial charge in [0, 0.05) is 53.3 Å². The third-order valence-corrected chi connectivity index (χ3v) is 9.88. The van der Waals surface area contributed by atoms with E-state index in [0.29, 0.717) is 17.7 Å². The summed E-state index contributed by atoms with van der Waals surface area (Å²) in [5.41, 5.74) is 12.9. The number of hydrogen-bond donors (Lipinski definition) is 2. The van der Waals surface area contributed by atoms with Crippen molar-refractivity contribution >= 4 is 29.1 Å². The van der Waals surface area contributed by atoms with E-state index in [1.165, 1.54) is 14.0 Å². The fourth-order valence-corrected chi connectivity index (χ4v) is 7.25. The Morgan fingerprint density at radius 3 is 2.43 bits per heavy atom. The third-order valence-electron chi connectivity index (χ3n) is 9.88. The molecule has 0 radical (unpaired) electrons. The van der Waals surface area contributed by atoms with Crippen molar-refractivity contribution in [3.8, 4) is 0 Å². The van der Waals surface area contributed by atoms with Gasteiger partial charge in [-0.15, -0.1) is 0 Å². The fourth-order valence-electron chi connectivity index (χ4n) is 7.25. The van der Waals surface area contributed by atoms with E-state index in [1.54, 1.807) is 0 Å². The average molecular weight is 621 g/mol. The first-order valence-electron chi connectivity index (χ1n) is 15.8. The van der Waals surface area contributed by atoms with Gasteiger partial charge in [-0.2, -0.15) is 0 Å². The van der Waals surface area contributed by atoms with E-state index in [9.17, 15) is 14.7 Å². The lowest BCUT2D eigenvalue weighted by Crippen LogP contribution is -2.22. The highest BCUT2D eigenvalue weighted by atomic mass is 16.5. The highest BCUT2D eigenvalue weighted by Crippen LogP contribution is 2.49. The van der Waals surface area contributed by atoms with Crippen LogP contribution < -0.4 is 5.32 Å². The molecule has 9 nitrogen and oxygen atoms in total. The lowest BCUT2D eigenvalue weighted by molar-refractivity contribution is -0.142. The van der Waals surface area contributed by atoms with Crippen molar-refractivity contribution in [3.05, 3.63) is 104 Å². The van der Waals surface area contributed by atoms with Gasteiger partial charge in [-0.1, -0.05) is 26.5 Å². The number of carbonyl (C=O) groups is 2. The van der Waals surface area contributed by atoms with Gasteiger partial charge < -0.3 is 19.9 Å². The Morgan fingerprint density at radius 2 is 1.76 bits per heavy atom. The second kappa shape index (κ2) is 11.9. The molecule has 9 heteroatoms. The molecule has 8 bridgehead atoms. The van der Waals surface area contributed by atoms with Crippen molar-refractivity contribution in [2.45, 2.75) is 60.8 Å². The van der Waals surface area contributed by atoms with Crippen molar-refractivity contribution in [3.63, 3.8) is 0 Å². The average Bonchev–Trinajstić information content (AvgIpc) is 3.76. The van der Waals surface area contributed by atoms with Crippen LogP contribution in [0.2, 0.25) is 0 Å². The lowest BCUT2D eigenvalue weighted by Gasteiger charge is -2.21. The number of nitrogens with zero attached hydrogens (tertiary/aromatic N) is 3. The first-order chi connectivity index (χ1) is 22.0. The Kier molecular flexibility index (Phi) is 8.04. The molecule has 46 heavy (non-hydrogen) atoms. The van der Waals surface area contributed by atoms with Gasteiger partial charge in [-0.05, 0) is 74.1 Å². The van der Waals surface area contributed by atoms with Gasteiger partial charge in [0.2, 0.25) is 0 Å². The van der Waals surface area contributed by atoms with Crippen LogP contribution in [-0.4, -0.2) is 47.9 Å². The normalized spacial score (nSPS) is 25.0. The minimum atomic E-state index is -0.618. The van der Waals surface area contributed by atoms with Crippen LogP contribution in [0.3, 0.4) is 0 Å². The Morgan fingerprint density at radius 1 is 1.04 bits per heavy atom. The number of nitrogens with one attached hydrogen (secondary N) is 1. The second-order valence-electron chi connectivity index (χ2n) is 12.4. The molecular weight excluding hydrogens is 580 g/mol. The molecular formula is C37H40N4O5. The Hall–Kier alpha value is -4.79. The summed E-state index contributed by atoms with van der Waals surface area (Å²) in [6.07, 6.45) is 9.44. The highest BCUT2D eigenvalue weighted by molar-refractivity contribution is 6.22. The smallest absolute Gasteiger partial charge is 0.305 e. The molecule has 1 saturated heterocycles. The van der Waals surface area contributed by atoms with Gasteiger partial charge in [-0.25, -0.2) is 15.0 Å². The third kappa shape index (κ3) is 4.98. The quantitative estimate of drug-likeness (QED) is 0.310. The molecule has 1 unspecified atom stereocenters. The second-order valence-corrected chi connectivity index (χ2v) is 12.4. The maximum atomic E-state index is 12.4. The van der Waals surface area contributed by atoms with Crippen molar-refractivity contribution in [2.24, 2.45) is 32.7 Å². The maximum absolute atomic E-state index is 12.4. The molecule has 3 atom stereocenters. The largest absolute Gasteiger partial charge is 0.511 e. The molecule has 0 aromatic heterocycles. The molecule has 0 amide bonds. The lowest BCUT2D eigenvalue weighted by atomic mass is 9.84. The number of rotatable bonds is 7. The molecule has 0 aromatic carbocycles. The Bertz CT molecular complexity index is 1850. The maximum Gasteiger partial charge on any atom is 0.305 e. The van der Waals surface area contributed by atoms with Crippen LogP contribution in [0.4, 0.5) is 0 Å². The van der Waals surface area contributed by atoms with E-state index < -0.39 is 11.9 Å². The first-order valence-corrected chi connectivity index (χ1v) is 15.8. The van der Waals surface area contributed by atoms with E-state index >= 15 is 0 Å². The van der Waals surface area contributed by atoms with Crippen LogP contribution in [0.5, 0.6) is 0 Å². The summed E-state index contributed by atoms with van der Waals surface area (Å²) in [4.78, 5) is 39.5. The predicted molar refractivity (Wildman–Crippen MR) is 179 cm³/mol. The predicted octanol–water partition coefficient (Wildman–Crippen LogP) is 6.59. The van der Waals surface area contributed by atoms with Crippen molar-refractivity contribution in [2.75, 3.05) is 13.7 Å². The first kappa shape index (κ1) is 31.2. The number of carbonyl (C=O) groups excluding carboxylic acids is 2. The summed E-state index contributed by atoms with van der Waals surface area (Å²) >= 11 is 0. The van der Waals surface area contributed by atoms with Crippen LogP contribution in [0, 0.1) is 17.8 Å². The standard InChI is InChI=1S/C37H40N4O5/c1-9-22-17(3)26-13-28-19(5)24(11-12-32(43)45-8)35(40-28)34-25(16-46-21(7)42)37(44)33-20(6)29(41-36(33)34)15-31-23(10-2)18(4)27(39-31)14-30(22)38-26/h9,13-15,19,24-25,40,44H,1,10-12,16H2,2-8H3/t19-,24-,25?/m0/s1. The number of fused-ring (bicyclic) bond motifs is 5. The number of allylic oxidation sites excluding steroid dienone is 11. The number of methoxy groups -OCH3 is 1. The van der Waals surface area contributed by atoms with E-state index in [4.69, 9.17) is 24.5 Å². The van der Waals surface area contributed by atoms with Gasteiger partial charge in [0.15, 0.2) is 0 Å². The van der Waals surface area contributed by atoms with Crippen LogP contribution in [-0.2, 0) is 19.1 Å². The summed E-state index contributed by atoms with van der Waals surface area (Å²) in [5.74, 6) is -1.39. The van der Waals surface area contributed by atoms with E-state index in [0.717, 1.165) is 79.8 Å². The van der Waals surface area contributed by atoms with Crippen molar-refractivity contribution < 1.29 is 24.2 Å². The van der Waals surface area contributed by atoms with Crippen molar-refractivity contribution in [1.29, 1.82) is 0 Å². The van der Waals surface area contributed by atoms with Crippen LogP contribution in [0.25, 0.3) is 0 Å². The molecule has 5 heterocycles. The van der Waals surface area contributed by atoms with E-state index in [1.807, 2.05) is 32.1 Å². The highest BCUT2D eigenvalue weighted by Gasteiger charge is 2.46.